The fourth-order valence-electron chi connectivity index (χ4n) is 3.43. The Bertz CT molecular complexity index is 863. The van der Waals surface area contributed by atoms with Gasteiger partial charge in [-0.2, -0.15) is 0 Å². The number of hydrogen-bond acceptors (Lipinski definition) is 1. The van der Waals surface area contributed by atoms with Gasteiger partial charge in [0.2, 0.25) is 0 Å². The fourth-order valence-corrected chi connectivity index (χ4v) is 3.43. The van der Waals surface area contributed by atoms with E-state index < -0.39 is 0 Å². The van der Waals surface area contributed by atoms with Crippen molar-refractivity contribution in [3.63, 3.8) is 0 Å². The number of rotatable bonds is 5. The van der Waals surface area contributed by atoms with Crippen LogP contribution in [-0.2, 0) is 0 Å². The number of allylic oxidation sites excluding steroid dienone is 11. The van der Waals surface area contributed by atoms with Gasteiger partial charge in [0, 0.05) is 0 Å². The number of nitrogens with one attached hydrogen (secondary N) is 1. The minimum absolute atomic E-state index is 0.000747. The molecule has 2 unspecified atom stereocenters. The van der Waals surface area contributed by atoms with Crippen molar-refractivity contribution in [2.75, 3.05) is 0 Å². The molecule has 0 heterocycles. The van der Waals surface area contributed by atoms with Crippen LogP contribution >= 0.6 is 0 Å². The average Bonchev–Trinajstić information content (AvgIpc) is 2.89. The van der Waals surface area contributed by atoms with Gasteiger partial charge in [0.05, 0.1) is 0 Å². The molecule has 2 aliphatic rings. The van der Waals surface area contributed by atoms with E-state index in [1.54, 1.807) is 0 Å². The van der Waals surface area contributed by atoms with E-state index in [0.717, 1.165) is 16.7 Å². The summed E-state index contributed by atoms with van der Waals surface area (Å²) >= 11 is 0. The molecule has 0 aromatic rings. The third-order valence-electron chi connectivity index (χ3n) is 5.82. The van der Waals surface area contributed by atoms with E-state index in [9.17, 15) is 0 Å². The second-order valence-corrected chi connectivity index (χ2v) is 10.0. The first-order valence-electron chi connectivity index (χ1n) is 10.7. The van der Waals surface area contributed by atoms with E-state index in [1.165, 1.54) is 16.7 Å². The van der Waals surface area contributed by atoms with Gasteiger partial charge >= 0.3 is 180 Å². The number of hydrogen-bond donors (Lipinski definition) is 1. The van der Waals surface area contributed by atoms with Crippen LogP contribution in [0.1, 0.15) is 55.4 Å². The molecule has 0 radical (unpaired) electrons. The summed E-state index contributed by atoms with van der Waals surface area (Å²) in [6.45, 7) is 22.1. The molecule has 2 aliphatic carbocycles. The molecule has 2 heteroatoms. The molecule has 1 N–H and O–H groups in total. The van der Waals surface area contributed by atoms with Gasteiger partial charge in [0.25, 0.3) is 0 Å². The molecule has 0 saturated carbocycles. The molecular formula is C27H38BN. The van der Waals surface area contributed by atoms with E-state index in [1.807, 2.05) is 0 Å². The van der Waals surface area contributed by atoms with Crippen LogP contribution in [0.4, 0.5) is 0 Å². The Morgan fingerprint density at radius 3 is 1.90 bits per heavy atom. The Hall–Kier alpha value is -2.09. The molecular weight excluding hydrogens is 349 g/mol. The van der Waals surface area contributed by atoms with Gasteiger partial charge in [-0.05, 0) is 0 Å². The van der Waals surface area contributed by atoms with E-state index in [-0.39, 0.29) is 11.0 Å². The topological polar surface area (TPSA) is 12.0 Å². The summed E-state index contributed by atoms with van der Waals surface area (Å²) in [5, 5.41) is 3.80. The van der Waals surface area contributed by atoms with Crippen LogP contribution in [0.15, 0.2) is 83.2 Å². The summed E-state index contributed by atoms with van der Waals surface area (Å²) < 4.78 is 0. The van der Waals surface area contributed by atoms with Crippen molar-refractivity contribution in [2.24, 2.45) is 17.3 Å². The van der Waals surface area contributed by atoms with E-state index in [4.69, 9.17) is 0 Å². The summed E-state index contributed by atoms with van der Waals surface area (Å²) in [7, 11) is 4.50. The first-order chi connectivity index (χ1) is 13.3. The van der Waals surface area contributed by atoms with Crippen LogP contribution in [0.25, 0.3) is 0 Å². The molecule has 2 rings (SSSR count). The predicted molar refractivity (Wildman–Crippen MR) is 133 cm³/mol. The second-order valence-electron chi connectivity index (χ2n) is 10.0. The van der Waals surface area contributed by atoms with Crippen molar-refractivity contribution in [2.45, 2.75) is 60.9 Å². The van der Waals surface area contributed by atoms with Crippen LogP contribution < -0.4 is 5.32 Å². The molecule has 0 aromatic heterocycles. The molecule has 29 heavy (non-hydrogen) atoms. The normalized spacial score (nSPS) is 22.6. The Labute approximate surface area is 179 Å². The van der Waals surface area contributed by atoms with Gasteiger partial charge in [-0.25, -0.2) is 0 Å². The summed E-state index contributed by atoms with van der Waals surface area (Å²) in [6.07, 6.45) is 17.8. The van der Waals surface area contributed by atoms with Gasteiger partial charge in [0.15, 0.2) is 0 Å². The molecule has 0 aliphatic heterocycles. The zero-order valence-corrected chi connectivity index (χ0v) is 19.7. The molecule has 0 spiro atoms. The van der Waals surface area contributed by atoms with Crippen molar-refractivity contribution in [1.82, 2.24) is 5.32 Å². The van der Waals surface area contributed by atoms with Gasteiger partial charge in [0.1, 0.15) is 0 Å². The van der Waals surface area contributed by atoms with E-state index >= 15 is 0 Å². The molecule has 0 saturated heterocycles. The van der Waals surface area contributed by atoms with Gasteiger partial charge in [-0.3, -0.25) is 0 Å². The summed E-state index contributed by atoms with van der Waals surface area (Å²) in [5.41, 5.74) is 6.66. The standard InChI is InChI=1S/C27H38BN/c1-18-10-14-20(3)22(15-11-18)25(28)27(8,9)29-24-17-13-19(2)12-16-23(24)21(4)26(5,6)7/h10-19,28-29H,4H2,1-3,5-9H3. The predicted octanol–water partition coefficient (Wildman–Crippen LogP) is 6.12. The average molecular weight is 387 g/mol. The Balaban J connectivity index is 2.45. The third kappa shape index (κ3) is 5.72. The second kappa shape index (κ2) is 8.73. The maximum atomic E-state index is 4.50. The Kier molecular flexibility index (Phi) is 6.99. The minimum atomic E-state index is -0.313. The van der Waals surface area contributed by atoms with Crippen LogP contribution in [0, 0.1) is 17.3 Å². The quantitative estimate of drug-likeness (QED) is 0.560. The zero-order chi connectivity index (χ0) is 22.0. The Morgan fingerprint density at radius 2 is 1.34 bits per heavy atom. The van der Waals surface area contributed by atoms with Crippen molar-refractivity contribution in [3.05, 3.63) is 83.2 Å². The molecule has 0 amide bonds. The van der Waals surface area contributed by atoms with Crippen molar-refractivity contribution >= 4 is 13.0 Å². The van der Waals surface area contributed by atoms with Crippen LogP contribution in [0.3, 0.4) is 0 Å². The SMILES string of the molecule is B=C(C1=C(C)C=CC(C)C=C1)C(C)(C)NC1=C(C(=C)C(C)(C)C)C=CC(C)C=C1. The van der Waals surface area contributed by atoms with Crippen LogP contribution in [0.2, 0.25) is 0 Å². The Morgan fingerprint density at radius 1 is 0.862 bits per heavy atom. The fraction of sp³-hybridized carbons (Fsp3) is 0.444. The van der Waals surface area contributed by atoms with Crippen molar-refractivity contribution in [3.8, 4) is 0 Å². The summed E-state index contributed by atoms with van der Waals surface area (Å²) in [6, 6.07) is 0. The van der Waals surface area contributed by atoms with Gasteiger partial charge in [-0.1, -0.05) is 0 Å². The summed E-state index contributed by atoms with van der Waals surface area (Å²) in [5.74, 6) is 0.830. The monoisotopic (exact) mass is 387 g/mol. The van der Waals surface area contributed by atoms with E-state index in [0.29, 0.717) is 11.8 Å². The molecule has 2 atom stereocenters. The molecule has 0 fully saturated rings. The third-order valence-corrected chi connectivity index (χ3v) is 5.82. The van der Waals surface area contributed by atoms with Crippen molar-refractivity contribution < 1.29 is 0 Å². The molecule has 0 aromatic carbocycles. The van der Waals surface area contributed by atoms with Gasteiger partial charge in [-0.15, -0.1) is 0 Å². The van der Waals surface area contributed by atoms with E-state index in [2.05, 4.69) is 123 Å². The summed E-state index contributed by atoms with van der Waals surface area (Å²) in [4.78, 5) is 0. The van der Waals surface area contributed by atoms with Gasteiger partial charge < -0.3 is 0 Å². The first kappa shape index (κ1) is 23.2. The van der Waals surface area contributed by atoms with Crippen molar-refractivity contribution in [1.29, 1.82) is 0 Å². The molecule has 0 bridgehead atoms. The first-order valence-corrected chi connectivity index (χ1v) is 10.7. The molecule has 1 nitrogen and oxygen atoms in total. The van der Waals surface area contributed by atoms with Crippen LogP contribution in [0.5, 0.6) is 0 Å². The zero-order valence-electron chi connectivity index (χ0n) is 19.7. The maximum absolute atomic E-state index is 4.50. The van der Waals surface area contributed by atoms with Crippen LogP contribution in [-0.4, -0.2) is 18.5 Å². The molecule has 154 valence electrons.